The van der Waals surface area contributed by atoms with Gasteiger partial charge in [0.25, 0.3) is 0 Å². The number of imidazole rings is 1. The number of pyridine rings is 1. The fraction of sp³-hybridized carbons (Fsp3) is 0.360. The highest BCUT2D eigenvalue weighted by Crippen LogP contribution is 2.32. The van der Waals surface area contributed by atoms with Crippen LogP contribution in [0.5, 0.6) is 5.75 Å². The number of nitrogens with zero attached hydrogens (tertiary/aromatic N) is 3. The quantitative estimate of drug-likeness (QED) is 0.423. The van der Waals surface area contributed by atoms with Crippen molar-refractivity contribution in [2.45, 2.75) is 47.5 Å². The first kappa shape index (κ1) is 21.1. The maximum Gasteiger partial charge on any atom is 0.152 e. The summed E-state index contributed by atoms with van der Waals surface area (Å²) in [6.45, 7) is 10.9. The van der Waals surface area contributed by atoms with Crippen molar-refractivity contribution >= 4 is 27.8 Å². The smallest absolute Gasteiger partial charge is 0.152 e. The predicted molar refractivity (Wildman–Crippen MR) is 125 cm³/mol. The first-order chi connectivity index (χ1) is 15.0. The van der Waals surface area contributed by atoms with Crippen LogP contribution >= 0.6 is 0 Å². The molecule has 0 radical (unpaired) electrons. The Kier molecular flexibility index (Phi) is 6.09. The molecule has 0 aliphatic heterocycles. The van der Waals surface area contributed by atoms with E-state index in [0.29, 0.717) is 31.6 Å². The van der Waals surface area contributed by atoms with Crippen LogP contribution in [0, 0.1) is 12.8 Å². The average molecular weight is 419 g/mol. The van der Waals surface area contributed by atoms with Gasteiger partial charge in [-0.25, -0.2) is 9.97 Å². The average Bonchev–Trinajstić information content (AvgIpc) is 3.10. The first-order valence-electron chi connectivity index (χ1n) is 10.8. The van der Waals surface area contributed by atoms with E-state index in [0.717, 1.165) is 45.6 Å². The summed E-state index contributed by atoms with van der Waals surface area (Å²) in [7, 11) is 0. The minimum Gasteiger partial charge on any atom is -0.489 e. The van der Waals surface area contributed by atoms with Gasteiger partial charge in [0.05, 0.1) is 11.0 Å². The monoisotopic (exact) mass is 418 g/mol. The van der Waals surface area contributed by atoms with E-state index in [4.69, 9.17) is 20.2 Å². The molecule has 0 saturated heterocycles. The summed E-state index contributed by atoms with van der Waals surface area (Å²) in [6, 6.07) is 14.3. The molecular weight excluding hydrogens is 388 g/mol. The Balaban J connectivity index is 1.73. The van der Waals surface area contributed by atoms with Gasteiger partial charge in [-0.05, 0) is 37.5 Å². The third kappa shape index (κ3) is 4.49. The number of ether oxygens (including phenoxy) is 2. The van der Waals surface area contributed by atoms with Crippen molar-refractivity contribution in [3.05, 3.63) is 59.4 Å². The number of nitrogen functional groups attached to an aromatic ring is 1. The van der Waals surface area contributed by atoms with E-state index < -0.39 is 0 Å². The van der Waals surface area contributed by atoms with Gasteiger partial charge in [-0.3, -0.25) is 0 Å². The van der Waals surface area contributed by atoms with Gasteiger partial charge in [-0.1, -0.05) is 43.7 Å². The lowest BCUT2D eigenvalue weighted by Crippen LogP contribution is -2.10. The Bertz CT molecular complexity index is 1200. The zero-order chi connectivity index (χ0) is 22.0. The molecule has 0 aliphatic rings. The fourth-order valence-electron chi connectivity index (χ4n) is 3.74. The predicted octanol–water partition coefficient (Wildman–Crippen LogP) is 5.25. The minimum absolute atomic E-state index is 0.429. The van der Waals surface area contributed by atoms with Crippen LogP contribution in [0.1, 0.15) is 37.7 Å². The van der Waals surface area contributed by atoms with Gasteiger partial charge in [0.1, 0.15) is 30.3 Å². The largest absolute Gasteiger partial charge is 0.489 e. The van der Waals surface area contributed by atoms with Gasteiger partial charge in [-0.15, -0.1) is 0 Å². The lowest BCUT2D eigenvalue weighted by molar-refractivity contribution is 0.125. The van der Waals surface area contributed by atoms with E-state index in [1.807, 2.05) is 19.1 Å². The van der Waals surface area contributed by atoms with Crippen LogP contribution in [0.3, 0.4) is 0 Å². The van der Waals surface area contributed by atoms with Crippen LogP contribution in [-0.2, 0) is 24.5 Å². The van der Waals surface area contributed by atoms with Crippen LogP contribution in [0.2, 0.25) is 0 Å². The number of aromatic nitrogens is 3. The summed E-state index contributed by atoms with van der Waals surface area (Å²) in [4.78, 5) is 9.40. The zero-order valence-electron chi connectivity index (χ0n) is 18.7. The third-order valence-electron chi connectivity index (χ3n) is 5.26. The second kappa shape index (κ2) is 8.94. The zero-order valence-corrected chi connectivity index (χ0v) is 18.7. The Hall–Kier alpha value is -3.12. The van der Waals surface area contributed by atoms with Crippen molar-refractivity contribution in [3.8, 4) is 5.75 Å². The Labute approximate surface area is 183 Å². The minimum atomic E-state index is 0.429. The highest BCUT2D eigenvalue weighted by atomic mass is 16.5. The lowest BCUT2D eigenvalue weighted by atomic mass is 10.1. The molecular formula is C25H30N4O2. The SMILES string of the molecule is CCOCc1nc2c(N)nc3cc(OCc4ccc(C)cc4)ccc3c2n1CC(C)C. The molecule has 2 aromatic carbocycles. The van der Waals surface area contributed by atoms with E-state index >= 15 is 0 Å². The van der Waals surface area contributed by atoms with Crippen molar-refractivity contribution in [2.24, 2.45) is 5.92 Å². The number of hydrogen-bond donors (Lipinski definition) is 1. The normalized spacial score (nSPS) is 11.6. The molecule has 0 fully saturated rings. The van der Waals surface area contributed by atoms with E-state index in [-0.39, 0.29) is 0 Å². The molecule has 4 rings (SSSR count). The second-order valence-corrected chi connectivity index (χ2v) is 8.32. The summed E-state index contributed by atoms with van der Waals surface area (Å²) in [5.41, 5.74) is 11.2. The molecule has 0 amide bonds. The van der Waals surface area contributed by atoms with E-state index in [9.17, 15) is 0 Å². The van der Waals surface area contributed by atoms with E-state index in [1.54, 1.807) is 0 Å². The molecule has 162 valence electrons. The van der Waals surface area contributed by atoms with Crippen molar-refractivity contribution in [2.75, 3.05) is 12.3 Å². The molecule has 2 heterocycles. The summed E-state index contributed by atoms with van der Waals surface area (Å²) in [5.74, 6) is 2.54. The topological polar surface area (TPSA) is 75.2 Å². The molecule has 0 bridgehead atoms. The van der Waals surface area contributed by atoms with Crippen LogP contribution in [0.4, 0.5) is 5.82 Å². The maximum absolute atomic E-state index is 6.32. The number of anilines is 1. The van der Waals surface area contributed by atoms with Gasteiger partial charge >= 0.3 is 0 Å². The van der Waals surface area contributed by atoms with Gasteiger partial charge < -0.3 is 19.8 Å². The number of benzene rings is 2. The van der Waals surface area contributed by atoms with Gasteiger partial charge in [-0.2, -0.15) is 0 Å². The second-order valence-electron chi connectivity index (χ2n) is 8.32. The summed E-state index contributed by atoms with van der Waals surface area (Å²) >= 11 is 0. The fourth-order valence-corrected chi connectivity index (χ4v) is 3.74. The highest BCUT2D eigenvalue weighted by molar-refractivity contribution is 6.06. The molecule has 4 aromatic rings. The first-order valence-corrected chi connectivity index (χ1v) is 10.8. The summed E-state index contributed by atoms with van der Waals surface area (Å²) < 4.78 is 13.9. The highest BCUT2D eigenvalue weighted by Gasteiger charge is 2.18. The molecule has 0 spiro atoms. The van der Waals surface area contributed by atoms with Gasteiger partial charge in [0, 0.05) is 24.6 Å². The van der Waals surface area contributed by atoms with Gasteiger partial charge in [0.2, 0.25) is 0 Å². The van der Waals surface area contributed by atoms with Crippen molar-refractivity contribution in [1.82, 2.24) is 14.5 Å². The Morgan fingerprint density at radius 2 is 1.81 bits per heavy atom. The maximum atomic E-state index is 6.32. The molecule has 0 saturated carbocycles. The summed E-state index contributed by atoms with van der Waals surface area (Å²) in [5, 5.41) is 1.02. The van der Waals surface area contributed by atoms with Crippen LogP contribution in [-0.4, -0.2) is 21.1 Å². The molecule has 6 heteroatoms. The molecule has 2 N–H and O–H groups in total. The standard InChI is InChI=1S/C25H30N4O2/c1-5-30-15-22-28-23-24(29(22)13-16(2)3)20-11-10-19(12-21(20)27-25(23)26)31-14-18-8-6-17(4)7-9-18/h6-12,16H,5,13-15H2,1-4H3,(H2,26,27). The molecule has 0 unspecified atom stereocenters. The van der Waals surface area contributed by atoms with Crippen LogP contribution in [0.15, 0.2) is 42.5 Å². The number of aryl methyl sites for hydroxylation is 1. The lowest BCUT2D eigenvalue weighted by Gasteiger charge is -2.13. The Morgan fingerprint density at radius 1 is 1.03 bits per heavy atom. The third-order valence-corrected chi connectivity index (χ3v) is 5.26. The van der Waals surface area contributed by atoms with E-state index in [1.165, 1.54) is 5.56 Å². The molecule has 0 atom stereocenters. The number of hydrogen-bond acceptors (Lipinski definition) is 5. The number of fused-ring (bicyclic) bond motifs is 3. The van der Waals surface area contributed by atoms with Crippen molar-refractivity contribution in [3.63, 3.8) is 0 Å². The summed E-state index contributed by atoms with van der Waals surface area (Å²) in [6.07, 6.45) is 0. The molecule has 2 aromatic heterocycles. The van der Waals surface area contributed by atoms with Crippen molar-refractivity contribution < 1.29 is 9.47 Å². The number of nitrogens with two attached hydrogens (primary N) is 1. The molecule has 0 aliphatic carbocycles. The molecule has 31 heavy (non-hydrogen) atoms. The van der Waals surface area contributed by atoms with Gasteiger partial charge in [0.15, 0.2) is 5.82 Å². The van der Waals surface area contributed by atoms with Crippen LogP contribution < -0.4 is 10.5 Å². The van der Waals surface area contributed by atoms with E-state index in [2.05, 4.69) is 60.7 Å². The Morgan fingerprint density at radius 3 is 2.52 bits per heavy atom. The van der Waals surface area contributed by atoms with Crippen LogP contribution in [0.25, 0.3) is 21.9 Å². The number of rotatable bonds is 8. The van der Waals surface area contributed by atoms with Crippen molar-refractivity contribution in [1.29, 1.82) is 0 Å². The molecule has 6 nitrogen and oxygen atoms in total.